The van der Waals surface area contributed by atoms with Gasteiger partial charge in [0, 0.05) is 11.3 Å². The summed E-state index contributed by atoms with van der Waals surface area (Å²) in [4.78, 5) is 11.5. The second-order valence-electron chi connectivity index (χ2n) is 4.62. The highest BCUT2D eigenvalue weighted by Gasteiger charge is 2.36. The molecule has 1 saturated carbocycles. The van der Waals surface area contributed by atoms with Crippen LogP contribution in [0.5, 0.6) is 0 Å². The number of nitrogens with zero attached hydrogens (tertiary/aromatic N) is 1. The summed E-state index contributed by atoms with van der Waals surface area (Å²) >= 11 is 3.34. The van der Waals surface area contributed by atoms with Crippen molar-refractivity contribution in [3.05, 3.63) is 11.3 Å². The number of anilines is 1. The van der Waals surface area contributed by atoms with Gasteiger partial charge in [-0.25, -0.2) is 0 Å². The minimum atomic E-state index is 0.102. The predicted molar refractivity (Wildman–Crippen MR) is 75.4 cm³/mol. The summed E-state index contributed by atoms with van der Waals surface area (Å²) in [5, 5.41) is 4.36. The Labute approximate surface area is 111 Å². The molecule has 0 amide bonds. The molecular formula is C12H18N2OS2. The van der Waals surface area contributed by atoms with Crippen LogP contribution in [0.2, 0.25) is 0 Å². The topological polar surface area (TPSA) is 42.0 Å². The Balaban J connectivity index is 2.06. The number of aromatic nitrogens is 1. The Morgan fingerprint density at radius 3 is 2.76 bits per heavy atom. The summed E-state index contributed by atoms with van der Waals surface area (Å²) in [5.41, 5.74) is 1.61. The van der Waals surface area contributed by atoms with Gasteiger partial charge in [0.15, 0.2) is 5.78 Å². The molecule has 0 bridgehead atoms. The van der Waals surface area contributed by atoms with Crippen molar-refractivity contribution in [3.8, 4) is 0 Å². The van der Waals surface area contributed by atoms with Crippen molar-refractivity contribution >= 4 is 34.1 Å². The molecule has 0 atom stereocenters. The molecule has 2 rings (SSSR count). The second kappa shape index (κ2) is 4.98. The average molecular weight is 270 g/mol. The summed E-state index contributed by atoms with van der Waals surface area (Å²) < 4.78 is 4.64. The van der Waals surface area contributed by atoms with Gasteiger partial charge in [-0.3, -0.25) is 4.79 Å². The highest BCUT2D eigenvalue weighted by Crippen LogP contribution is 2.43. The van der Waals surface area contributed by atoms with Crippen molar-refractivity contribution in [1.82, 2.24) is 4.37 Å². The molecule has 0 saturated heterocycles. The van der Waals surface area contributed by atoms with Gasteiger partial charge in [0.1, 0.15) is 5.00 Å². The van der Waals surface area contributed by atoms with E-state index in [2.05, 4.69) is 15.9 Å². The van der Waals surface area contributed by atoms with Gasteiger partial charge in [0.2, 0.25) is 0 Å². The van der Waals surface area contributed by atoms with Crippen molar-refractivity contribution < 1.29 is 4.79 Å². The quantitative estimate of drug-likeness (QED) is 0.833. The summed E-state index contributed by atoms with van der Waals surface area (Å²) in [5.74, 6) is 0.102. The van der Waals surface area contributed by atoms with E-state index in [0.29, 0.717) is 4.75 Å². The molecule has 0 spiro atoms. The Hall–Kier alpha value is -0.550. The molecular weight excluding hydrogens is 252 g/mol. The largest absolute Gasteiger partial charge is 0.374 e. The minimum Gasteiger partial charge on any atom is -0.374 e. The molecule has 0 aliphatic heterocycles. The molecule has 1 aliphatic rings. The first-order chi connectivity index (χ1) is 8.08. The average Bonchev–Trinajstić information content (AvgIpc) is 2.59. The molecule has 0 radical (unpaired) electrons. The van der Waals surface area contributed by atoms with E-state index in [9.17, 15) is 4.79 Å². The third-order valence-electron chi connectivity index (χ3n) is 3.48. The van der Waals surface area contributed by atoms with Crippen LogP contribution in [-0.2, 0) is 0 Å². The lowest BCUT2D eigenvalue weighted by atomic mass is 9.84. The Bertz CT molecular complexity index is 419. The lowest BCUT2D eigenvalue weighted by Gasteiger charge is -2.40. The molecule has 1 heterocycles. The number of hydrogen-bond donors (Lipinski definition) is 1. The third-order valence-corrected chi connectivity index (χ3v) is 5.80. The first kappa shape index (κ1) is 12.9. The Morgan fingerprint density at radius 1 is 1.59 bits per heavy atom. The van der Waals surface area contributed by atoms with E-state index in [1.54, 1.807) is 6.92 Å². The fourth-order valence-corrected chi connectivity index (χ4v) is 3.92. The number of hydrogen-bond acceptors (Lipinski definition) is 5. The van der Waals surface area contributed by atoms with E-state index < -0.39 is 0 Å². The second-order valence-corrected chi connectivity index (χ2v) is 6.67. The van der Waals surface area contributed by atoms with Gasteiger partial charge in [-0.05, 0) is 44.5 Å². The molecule has 0 aromatic carbocycles. The first-order valence-electron chi connectivity index (χ1n) is 5.84. The zero-order valence-electron chi connectivity index (χ0n) is 10.5. The van der Waals surface area contributed by atoms with Crippen LogP contribution in [-0.4, -0.2) is 27.7 Å². The maximum absolute atomic E-state index is 11.5. The molecule has 94 valence electrons. The maximum Gasteiger partial charge on any atom is 0.164 e. The van der Waals surface area contributed by atoms with Crippen molar-refractivity contribution in [2.45, 2.75) is 37.9 Å². The zero-order chi connectivity index (χ0) is 12.5. The molecule has 5 heteroatoms. The van der Waals surface area contributed by atoms with Gasteiger partial charge >= 0.3 is 0 Å². The number of Topliss-reactive ketones (excluding diaryl/α,β-unsaturated/α-hetero) is 1. The molecule has 1 fully saturated rings. The Morgan fingerprint density at radius 2 is 2.29 bits per heavy atom. The standard InChI is InChI=1S/C12H18N2OS2/c1-8-10(9(2)15)11(17-14-8)13-7-12(16-3)5-4-6-12/h13H,4-7H2,1-3H3. The van der Waals surface area contributed by atoms with E-state index in [-0.39, 0.29) is 5.78 Å². The molecule has 1 aliphatic carbocycles. The van der Waals surface area contributed by atoms with Crippen LogP contribution in [0.1, 0.15) is 42.2 Å². The van der Waals surface area contributed by atoms with E-state index in [4.69, 9.17) is 0 Å². The fourth-order valence-electron chi connectivity index (χ4n) is 2.17. The number of rotatable bonds is 5. The van der Waals surface area contributed by atoms with Crippen molar-refractivity contribution in [2.24, 2.45) is 0 Å². The van der Waals surface area contributed by atoms with Gasteiger partial charge in [-0.15, -0.1) is 0 Å². The van der Waals surface area contributed by atoms with Gasteiger partial charge in [-0.1, -0.05) is 6.42 Å². The highest BCUT2D eigenvalue weighted by atomic mass is 32.2. The number of thioether (sulfide) groups is 1. The van der Waals surface area contributed by atoms with Crippen LogP contribution in [0.4, 0.5) is 5.00 Å². The zero-order valence-corrected chi connectivity index (χ0v) is 12.1. The summed E-state index contributed by atoms with van der Waals surface area (Å²) in [6.45, 7) is 4.44. The highest BCUT2D eigenvalue weighted by molar-refractivity contribution is 8.00. The maximum atomic E-state index is 11.5. The number of carbonyl (C=O) groups excluding carboxylic acids is 1. The third kappa shape index (κ3) is 2.50. The predicted octanol–water partition coefficient (Wildman–Crippen LogP) is 3.35. The molecule has 0 unspecified atom stereocenters. The fraction of sp³-hybridized carbons (Fsp3) is 0.667. The lowest BCUT2D eigenvalue weighted by Crippen LogP contribution is -2.40. The van der Waals surface area contributed by atoms with Gasteiger partial charge in [0.05, 0.1) is 11.3 Å². The monoisotopic (exact) mass is 270 g/mol. The van der Waals surface area contributed by atoms with E-state index in [1.807, 2.05) is 18.7 Å². The van der Waals surface area contributed by atoms with Crippen LogP contribution in [0, 0.1) is 6.92 Å². The van der Waals surface area contributed by atoms with E-state index in [1.165, 1.54) is 30.8 Å². The van der Waals surface area contributed by atoms with Crippen LogP contribution in [0.15, 0.2) is 0 Å². The number of nitrogens with one attached hydrogen (secondary N) is 1. The molecule has 1 N–H and O–H groups in total. The lowest BCUT2D eigenvalue weighted by molar-refractivity contribution is 0.101. The summed E-state index contributed by atoms with van der Waals surface area (Å²) in [6, 6.07) is 0. The van der Waals surface area contributed by atoms with Gasteiger partial charge < -0.3 is 5.32 Å². The summed E-state index contributed by atoms with van der Waals surface area (Å²) in [7, 11) is 0. The summed E-state index contributed by atoms with van der Waals surface area (Å²) in [6.07, 6.45) is 6.04. The van der Waals surface area contributed by atoms with E-state index >= 15 is 0 Å². The molecule has 17 heavy (non-hydrogen) atoms. The van der Waals surface area contributed by atoms with E-state index in [0.717, 1.165) is 22.8 Å². The van der Waals surface area contributed by atoms with Crippen LogP contribution in [0.25, 0.3) is 0 Å². The normalized spacial score (nSPS) is 17.6. The smallest absolute Gasteiger partial charge is 0.164 e. The molecule has 1 aromatic rings. The van der Waals surface area contributed by atoms with Crippen molar-refractivity contribution in [2.75, 3.05) is 18.1 Å². The van der Waals surface area contributed by atoms with Crippen molar-refractivity contribution in [1.29, 1.82) is 0 Å². The molecule has 1 aromatic heterocycles. The minimum absolute atomic E-state index is 0.102. The number of carbonyl (C=O) groups is 1. The van der Waals surface area contributed by atoms with Crippen LogP contribution >= 0.6 is 23.3 Å². The molecule has 3 nitrogen and oxygen atoms in total. The van der Waals surface area contributed by atoms with Crippen LogP contribution < -0.4 is 5.32 Å². The number of ketones is 1. The van der Waals surface area contributed by atoms with Gasteiger partial charge in [-0.2, -0.15) is 16.1 Å². The first-order valence-corrected chi connectivity index (χ1v) is 7.84. The van der Waals surface area contributed by atoms with Gasteiger partial charge in [0.25, 0.3) is 0 Å². The van der Waals surface area contributed by atoms with Crippen molar-refractivity contribution in [3.63, 3.8) is 0 Å². The number of aryl methyl sites for hydroxylation is 1. The van der Waals surface area contributed by atoms with Crippen LogP contribution in [0.3, 0.4) is 0 Å². The SMILES string of the molecule is CSC1(CNc2snc(C)c2C(C)=O)CCC1. The Kier molecular flexibility index (Phi) is 3.78.